The average molecular weight is 449 g/mol. The van der Waals surface area contributed by atoms with E-state index in [1.165, 1.54) is 18.5 Å². The van der Waals surface area contributed by atoms with Crippen LogP contribution in [0.5, 0.6) is 0 Å². The van der Waals surface area contributed by atoms with Crippen LogP contribution in [0.3, 0.4) is 0 Å². The Morgan fingerprint density at radius 1 is 1.30 bits per heavy atom. The van der Waals surface area contributed by atoms with E-state index in [0.717, 1.165) is 56.7 Å². The number of piperidine rings is 1. The first-order valence-electron chi connectivity index (χ1n) is 12.3. The normalized spacial score (nSPS) is 25.6. The van der Waals surface area contributed by atoms with Gasteiger partial charge >= 0.3 is 0 Å². The van der Waals surface area contributed by atoms with Gasteiger partial charge in [-0.25, -0.2) is 4.52 Å². The van der Waals surface area contributed by atoms with E-state index in [1.807, 2.05) is 22.8 Å². The lowest BCUT2D eigenvalue weighted by Gasteiger charge is -2.35. The highest BCUT2D eigenvalue weighted by molar-refractivity contribution is 5.92. The first-order chi connectivity index (χ1) is 16.1. The molecule has 0 radical (unpaired) electrons. The molecule has 3 aliphatic rings. The van der Waals surface area contributed by atoms with Gasteiger partial charge < -0.3 is 15.5 Å². The standard InChI is InChI=1S/C24H32N8O/c1-24(20(33)13-16-5-2-10-25-15-16)9-4-11-31(24)23-27-22(19-6-3-12-32(19)30-23)26-21-14-18(28-29-21)17-7-8-17/h3,6,12,14,16-17,25H,2,4-5,7-11,13,15H2,1H3,(H2,26,27,28,29,30)/t16?,24-/m0/s1. The first-order valence-corrected chi connectivity index (χ1v) is 12.3. The maximum atomic E-state index is 13.5. The summed E-state index contributed by atoms with van der Waals surface area (Å²) < 4.78 is 1.84. The number of carbonyl (C=O) groups excluding carboxylic acids is 1. The van der Waals surface area contributed by atoms with Gasteiger partial charge in [0.05, 0.1) is 5.54 Å². The molecule has 0 amide bonds. The monoisotopic (exact) mass is 448 g/mol. The highest BCUT2D eigenvalue weighted by atomic mass is 16.1. The van der Waals surface area contributed by atoms with Crippen LogP contribution in [0.1, 0.15) is 63.5 Å². The highest BCUT2D eigenvalue weighted by Gasteiger charge is 2.45. The number of nitrogens with one attached hydrogen (secondary N) is 3. The van der Waals surface area contributed by atoms with Crippen LogP contribution in [0.4, 0.5) is 17.6 Å². The van der Waals surface area contributed by atoms with Crippen molar-refractivity contribution in [3.05, 3.63) is 30.1 Å². The van der Waals surface area contributed by atoms with Crippen LogP contribution in [0.25, 0.3) is 5.52 Å². The molecule has 0 spiro atoms. The summed E-state index contributed by atoms with van der Waals surface area (Å²) in [6.45, 7) is 4.86. The van der Waals surface area contributed by atoms with E-state index in [9.17, 15) is 4.79 Å². The Bertz CT molecular complexity index is 1160. The van der Waals surface area contributed by atoms with Crippen LogP contribution in [-0.4, -0.2) is 55.8 Å². The van der Waals surface area contributed by atoms with Crippen LogP contribution < -0.4 is 15.5 Å². The molecule has 2 atom stereocenters. The molecule has 1 saturated carbocycles. The van der Waals surface area contributed by atoms with E-state index < -0.39 is 5.54 Å². The second-order valence-corrected chi connectivity index (χ2v) is 10.1. The molecule has 2 aliphatic heterocycles. The molecule has 3 aromatic rings. The van der Waals surface area contributed by atoms with Gasteiger partial charge in [-0.2, -0.15) is 10.1 Å². The quantitative estimate of drug-likeness (QED) is 0.509. The number of aromatic amines is 1. The molecular weight excluding hydrogens is 416 g/mol. The number of ketones is 1. The van der Waals surface area contributed by atoms with Gasteiger partial charge in [0, 0.05) is 36.8 Å². The Labute approximate surface area is 193 Å². The number of fused-ring (bicyclic) bond motifs is 1. The number of anilines is 3. The van der Waals surface area contributed by atoms with Crippen molar-refractivity contribution in [3.8, 4) is 0 Å². The van der Waals surface area contributed by atoms with E-state index in [0.29, 0.717) is 35.8 Å². The van der Waals surface area contributed by atoms with Crippen molar-refractivity contribution in [1.29, 1.82) is 0 Å². The fourth-order valence-corrected chi connectivity index (χ4v) is 5.41. The molecule has 1 unspecified atom stereocenters. The third-order valence-corrected chi connectivity index (χ3v) is 7.60. The largest absolute Gasteiger partial charge is 0.327 e. The summed E-state index contributed by atoms with van der Waals surface area (Å²) in [4.78, 5) is 20.6. The third-order valence-electron chi connectivity index (χ3n) is 7.60. The summed E-state index contributed by atoms with van der Waals surface area (Å²) in [5.41, 5.74) is 1.49. The predicted octanol–water partition coefficient (Wildman–Crippen LogP) is 3.39. The van der Waals surface area contributed by atoms with E-state index in [4.69, 9.17) is 10.1 Å². The van der Waals surface area contributed by atoms with E-state index >= 15 is 0 Å². The molecule has 9 nitrogen and oxygen atoms in total. The molecule has 0 aromatic carbocycles. The van der Waals surface area contributed by atoms with Crippen LogP contribution in [0.2, 0.25) is 0 Å². The highest BCUT2D eigenvalue weighted by Crippen LogP contribution is 2.40. The van der Waals surface area contributed by atoms with Gasteiger partial charge in [-0.3, -0.25) is 9.89 Å². The van der Waals surface area contributed by atoms with Gasteiger partial charge in [-0.1, -0.05) is 0 Å². The van der Waals surface area contributed by atoms with E-state index in [2.05, 4.69) is 38.7 Å². The fraction of sp³-hybridized carbons (Fsp3) is 0.583. The molecule has 9 heteroatoms. The number of carbonyl (C=O) groups is 1. The Kier molecular flexibility index (Phi) is 5.09. The SMILES string of the molecule is C[C@@]1(C(=O)CC2CCCNC2)CCCN1c1nc(Nc2cc(C3CC3)[nH]n2)c2cccn2n1. The van der Waals surface area contributed by atoms with Crippen molar-refractivity contribution in [1.82, 2.24) is 30.1 Å². The Balaban J connectivity index is 1.29. The second-order valence-electron chi connectivity index (χ2n) is 10.1. The number of nitrogens with zero attached hydrogens (tertiary/aromatic N) is 5. The maximum Gasteiger partial charge on any atom is 0.246 e. The number of aromatic nitrogens is 5. The van der Waals surface area contributed by atoms with Crippen LogP contribution in [0, 0.1) is 5.92 Å². The fourth-order valence-electron chi connectivity index (χ4n) is 5.41. The summed E-state index contributed by atoms with van der Waals surface area (Å²) in [5.74, 6) is 3.40. The average Bonchev–Trinajstić information content (AvgIpc) is 3.20. The smallest absolute Gasteiger partial charge is 0.246 e. The molecule has 3 N–H and O–H groups in total. The van der Waals surface area contributed by atoms with Crippen molar-refractivity contribution in [3.63, 3.8) is 0 Å². The molecule has 0 bridgehead atoms. The van der Waals surface area contributed by atoms with Crippen molar-refractivity contribution < 1.29 is 4.79 Å². The lowest BCUT2D eigenvalue weighted by Crippen LogP contribution is -2.50. The van der Waals surface area contributed by atoms with Crippen molar-refractivity contribution in [2.75, 3.05) is 29.9 Å². The zero-order valence-electron chi connectivity index (χ0n) is 19.2. The van der Waals surface area contributed by atoms with Crippen LogP contribution in [-0.2, 0) is 4.79 Å². The summed E-state index contributed by atoms with van der Waals surface area (Å²) in [6, 6.07) is 6.02. The minimum Gasteiger partial charge on any atom is -0.327 e. The molecule has 3 aromatic heterocycles. The Hall–Kier alpha value is -2.94. The van der Waals surface area contributed by atoms with Gasteiger partial charge in [0.2, 0.25) is 5.95 Å². The zero-order chi connectivity index (χ0) is 22.4. The Morgan fingerprint density at radius 2 is 2.21 bits per heavy atom. The number of H-pyrrole nitrogens is 1. The predicted molar refractivity (Wildman–Crippen MR) is 127 cm³/mol. The summed E-state index contributed by atoms with van der Waals surface area (Å²) in [7, 11) is 0. The van der Waals surface area contributed by atoms with Gasteiger partial charge in [0.1, 0.15) is 5.52 Å². The molecule has 5 heterocycles. The summed E-state index contributed by atoms with van der Waals surface area (Å²) in [6.07, 6.45) is 9.07. The number of Topliss-reactive ketones (excluding diaryl/α,β-unsaturated/α-hetero) is 1. The number of hydrogen-bond donors (Lipinski definition) is 3. The van der Waals surface area contributed by atoms with E-state index in [-0.39, 0.29) is 0 Å². The molecule has 6 rings (SSSR count). The number of rotatable bonds is 7. The second kappa shape index (κ2) is 8.13. The van der Waals surface area contributed by atoms with Gasteiger partial charge in [0.25, 0.3) is 0 Å². The van der Waals surface area contributed by atoms with Gasteiger partial charge in [0.15, 0.2) is 17.4 Å². The lowest BCUT2D eigenvalue weighted by atomic mass is 9.84. The van der Waals surface area contributed by atoms with Crippen molar-refractivity contribution >= 4 is 28.9 Å². The topological polar surface area (TPSA) is 103 Å². The number of hydrogen-bond acceptors (Lipinski definition) is 7. The van der Waals surface area contributed by atoms with E-state index in [1.54, 1.807) is 0 Å². The minimum absolute atomic E-state index is 0.306. The van der Waals surface area contributed by atoms with Gasteiger partial charge in [-0.15, -0.1) is 5.10 Å². The van der Waals surface area contributed by atoms with Crippen LogP contribution in [0.15, 0.2) is 24.4 Å². The van der Waals surface area contributed by atoms with Gasteiger partial charge in [-0.05, 0) is 76.6 Å². The molecule has 2 saturated heterocycles. The van der Waals surface area contributed by atoms with Crippen LogP contribution >= 0.6 is 0 Å². The van der Waals surface area contributed by atoms with Crippen molar-refractivity contribution in [2.45, 2.75) is 63.3 Å². The maximum absolute atomic E-state index is 13.5. The summed E-state index contributed by atoms with van der Waals surface area (Å²) >= 11 is 0. The minimum atomic E-state index is -0.568. The summed E-state index contributed by atoms with van der Waals surface area (Å²) in [5, 5.41) is 19.2. The molecule has 174 valence electrons. The molecule has 33 heavy (non-hydrogen) atoms. The molecular formula is C24H32N8O. The first kappa shape index (κ1) is 20.7. The van der Waals surface area contributed by atoms with Crippen molar-refractivity contribution in [2.24, 2.45) is 5.92 Å². The third kappa shape index (κ3) is 3.88. The molecule has 1 aliphatic carbocycles. The Morgan fingerprint density at radius 3 is 3.03 bits per heavy atom. The zero-order valence-corrected chi connectivity index (χ0v) is 19.2. The lowest BCUT2D eigenvalue weighted by molar-refractivity contribution is -0.124. The molecule has 3 fully saturated rings.